The lowest BCUT2D eigenvalue weighted by Crippen LogP contribution is -2.40. The molecule has 2 heterocycles. The van der Waals surface area contributed by atoms with Crippen molar-refractivity contribution in [3.05, 3.63) is 39.3 Å². The van der Waals surface area contributed by atoms with Crippen molar-refractivity contribution in [2.75, 3.05) is 17.2 Å². The molecule has 0 aliphatic rings. The molecule has 0 fully saturated rings. The molecule has 12 heteroatoms. The number of nitro groups is 1. The molecule has 2 rings (SSSR count). The zero-order chi connectivity index (χ0) is 20.5. The second-order valence-corrected chi connectivity index (χ2v) is 7.72. The number of carbonyl (C=O) groups excluding carboxylic acids is 1. The Labute approximate surface area is 155 Å². The number of aryl methyl sites for hydroxylation is 3. The lowest BCUT2D eigenvalue weighted by Gasteiger charge is -2.20. The molecule has 0 unspecified atom stereocenters. The van der Waals surface area contributed by atoms with Crippen LogP contribution in [-0.2, 0) is 21.9 Å². The number of hydrogen-bond acceptors (Lipinski definition) is 8. The number of amides is 1. The molecule has 0 bridgehead atoms. The van der Waals surface area contributed by atoms with E-state index in [1.54, 1.807) is 27.8 Å². The molecule has 2 aromatic heterocycles. The van der Waals surface area contributed by atoms with Crippen LogP contribution in [-0.4, -0.2) is 46.9 Å². The number of ether oxygens (including phenoxy) is 1. The highest BCUT2D eigenvalue weighted by Crippen LogP contribution is 2.28. The van der Waals surface area contributed by atoms with Crippen molar-refractivity contribution in [3.63, 3.8) is 0 Å². The van der Waals surface area contributed by atoms with E-state index in [2.05, 4.69) is 10.1 Å². The number of carbonyl (C=O) groups is 1. The van der Waals surface area contributed by atoms with Gasteiger partial charge in [-0.15, -0.1) is 0 Å². The fourth-order valence-electron chi connectivity index (χ4n) is 2.50. The van der Waals surface area contributed by atoms with Crippen molar-refractivity contribution < 1.29 is 22.9 Å². The summed E-state index contributed by atoms with van der Waals surface area (Å²) in [6.07, 6.45) is 0.882. The molecule has 0 aliphatic carbocycles. The van der Waals surface area contributed by atoms with E-state index in [1.165, 1.54) is 16.8 Å². The molecule has 0 saturated carbocycles. The Hall–Kier alpha value is -3.02. The zero-order valence-corrected chi connectivity index (χ0v) is 16.3. The first-order valence-electron chi connectivity index (χ1n) is 7.71. The van der Waals surface area contributed by atoms with Gasteiger partial charge in [-0.1, -0.05) is 0 Å². The SMILES string of the molecule is Cc1ccc(OCC(=O)N(c2c(C)nn(C)c2C)S(C)(=O)=O)c([N+](=O)[O-])n1. The minimum absolute atomic E-state index is 0.130. The summed E-state index contributed by atoms with van der Waals surface area (Å²) in [5.41, 5.74) is 1.34. The first-order valence-corrected chi connectivity index (χ1v) is 9.56. The summed E-state index contributed by atoms with van der Waals surface area (Å²) in [5.74, 6) is -1.69. The Bertz CT molecular complexity index is 1010. The van der Waals surface area contributed by atoms with Crippen LogP contribution in [0.5, 0.6) is 5.75 Å². The van der Waals surface area contributed by atoms with E-state index in [0.29, 0.717) is 21.4 Å². The standard InChI is InChI=1S/C15H19N5O6S/c1-9-6-7-12(15(16-9)20(22)23)26-8-13(21)19(27(5,24)25)14-10(2)17-18(4)11(14)3/h6-7H,8H2,1-5H3. The van der Waals surface area contributed by atoms with Crippen LogP contribution < -0.4 is 9.04 Å². The Morgan fingerprint density at radius 3 is 2.44 bits per heavy atom. The van der Waals surface area contributed by atoms with Crippen molar-refractivity contribution in [3.8, 4) is 5.75 Å². The second-order valence-electron chi connectivity index (χ2n) is 5.88. The van der Waals surface area contributed by atoms with Crippen LogP contribution in [0.25, 0.3) is 0 Å². The van der Waals surface area contributed by atoms with Gasteiger partial charge in [0.05, 0.1) is 17.6 Å². The maximum atomic E-state index is 12.6. The third kappa shape index (κ3) is 4.22. The van der Waals surface area contributed by atoms with E-state index < -0.39 is 33.3 Å². The molecule has 0 saturated heterocycles. The molecule has 0 N–H and O–H groups in total. The Kier molecular flexibility index (Phi) is 5.49. The summed E-state index contributed by atoms with van der Waals surface area (Å²) < 4.78 is 31.7. The normalized spacial score (nSPS) is 11.3. The van der Waals surface area contributed by atoms with Gasteiger partial charge in [-0.05, 0) is 35.9 Å². The minimum Gasteiger partial charge on any atom is -0.476 e. The smallest absolute Gasteiger partial charge is 0.406 e. The quantitative estimate of drug-likeness (QED) is 0.520. The summed E-state index contributed by atoms with van der Waals surface area (Å²) in [4.78, 5) is 26.7. The summed E-state index contributed by atoms with van der Waals surface area (Å²) in [7, 11) is -2.37. The molecule has 0 aromatic carbocycles. The Morgan fingerprint density at radius 1 is 1.33 bits per heavy atom. The lowest BCUT2D eigenvalue weighted by molar-refractivity contribution is -0.390. The van der Waals surface area contributed by atoms with Gasteiger partial charge in [0.15, 0.2) is 6.61 Å². The summed E-state index contributed by atoms with van der Waals surface area (Å²) in [6, 6.07) is 2.79. The summed E-state index contributed by atoms with van der Waals surface area (Å²) in [6.45, 7) is 4.04. The van der Waals surface area contributed by atoms with Crippen LogP contribution in [0.3, 0.4) is 0 Å². The highest BCUT2D eigenvalue weighted by Gasteiger charge is 2.31. The molecule has 0 aliphatic heterocycles. The van der Waals surface area contributed by atoms with Crippen molar-refractivity contribution in [1.82, 2.24) is 14.8 Å². The molecule has 2 aromatic rings. The maximum Gasteiger partial charge on any atom is 0.406 e. The van der Waals surface area contributed by atoms with Crippen molar-refractivity contribution in [1.29, 1.82) is 0 Å². The van der Waals surface area contributed by atoms with E-state index in [4.69, 9.17) is 4.74 Å². The van der Waals surface area contributed by atoms with Gasteiger partial charge in [0.1, 0.15) is 11.4 Å². The topological polar surface area (TPSA) is 138 Å². The average Bonchev–Trinajstić information content (AvgIpc) is 2.79. The number of anilines is 1. The summed E-state index contributed by atoms with van der Waals surface area (Å²) in [5, 5.41) is 15.2. The van der Waals surface area contributed by atoms with Crippen molar-refractivity contribution in [2.45, 2.75) is 20.8 Å². The first-order chi connectivity index (χ1) is 12.4. The first kappa shape index (κ1) is 20.3. The van der Waals surface area contributed by atoms with Gasteiger partial charge >= 0.3 is 5.82 Å². The van der Waals surface area contributed by atoms with Gasteiger partial charge in [0.2, 0.25) is 15.8 Å². The third-order valence-corrected chi connectivity index (χ3v) is 4.78. The van der Waals surface area contributed by atoms with Crippen molar-refractivity contribution in [2.24, 2.45) is 7.05 Å². The van der Waals surface area contributed by atoms with E-state index >= 15 is 0 Å². The van der Waals surface area contributed by atoms with Crippen LogP contribution in [0, 0.1) is 30.9 Å². The average molecular weight is 397 g/mol. The number of sulfonamides is 1. The molecule has 0 spiro atoms. The van der Waals surface area contributed by atoms with E-state index in [9.17, 15) is 23.3 Å². The molecule has 0 atom stereocenters. The van der Waals surface area contributed by atoms with Gasteiger partial charge < -0.3 is 14.9 Å². The number of pyridine rings is 1. The van der Waals surface area contributed by atoms with Crippen LogP contribution in [0.2, 0.25) is 0 Å². The van der Waals surface area contributed by atoms with E-state index in [0.717, 1.165) is 6.26 Å². The van der Waals surface area contributed by atoms with E-state index in [-0.39, 0.29) is 11.4 Å². The number of rotatable bonds is 6. The molecular formula is C15H19N5O6S. The molecular weight excluding hydrogens is 378 g/mol. The maximum absolute atomic E-state index is 12.6. The van der Waals surface area contributed by atoms with Crippen LogP contribution in [0.4, 0.5) is 11.5 Å². The second kappa shape index (κ2) is 7.31. The largest absolute Gasteiger partial charge is 0.476 e. The minimum atomic E-state index is -3.99. The number of hydrogen-bond donors (Lipinski definition) is 0. The number of aromatic nitrogens is 3. The van der Waals surface area contributed by atoms with Gasteiger partial charge in [-0.2, -0.15) is 5.10 Å². The summed E-state index contributed by atoms with van der Waals surface area (Å²) >= 11 is 0. The molecule has 1 amide bonds. The Morgan fingerprint density at radius 2 is 1.96 bits per heavy atom. The Balaban J connectivity index is 2.36. The van der Waals surface area contributed by atoms with Crippen molar-refractivity contribution >= 4 is 27.4 Å². The third-order valence-electron chi connectivity index (χ3n) is 3.73. The van der Waals surface area contributed by atoms with Crippen LogP contribution in [0.15, 0.2) is 12.1 Å². The van der Waals surface area contributed by atoms with Gasteiger partial charge in [0, 0.05) is 14.0 Å². The predicted molar refractivity (Wildman–Crippen MR) is 96.1 cm³/mol. The van der Waals surface area contributed by atoms with Crippen LogP contribution >= 0.6 is 0 Å². The van der Waals surface area contributed by atoms with E-state index in [1.807, 2.05) is 0 Å². The fraction of sp³-hybridized carbons (Fsp3) is 0.400. The highest BCUT2D eigenvalue weighted by molar-refractivity contribution is 7.92. The lowest BCUT2D eigenvalue weighted by atomic mass is 10.3. The van der Waals surface area contributed by atoms with Gasteiger partial charge in [-0.25, -0.2) is 12.7 Å². The number of nitrogens with zero attached hydrogens (tertiary/aromatic N) is 5. The van der Waals surface area contributed by atoms with Gasteiger partial charge in [-0.3, -0.25) is 9.48 Å². The zero-order valence-electron chi connectivity index (χ0n) is 15.5. The molecule has 146 valence electrons. The fourth-order valence-corrected chi connectivity index (χ4v) is 3.52. The monoisotopic (exact) mass is 397 g/mol. The molecule has 11 nitrogen and oxygen atoms in total. The highest BCUT2D eigenvalue weighted by atomic mass is 32.2. The van der Waals surface area contributed by atoms with Gasteiger partial charge in [0.25, 0.3) is 5.91 Å². The predicted octanol–water partition coefficient (Wildman–Crippen LogP) is 1.02. The molecule has 0 radical (unpaired) electrons. The van der Waals surface area contributed by atoms with Crippen LogP contribution in [0.1, 0.15) is 17.1 Å². The molecule has 27 heavy (non-hydrogen) atoms.